The van der Waals surface area contributed by atoms with Crippen molar-refractivity contribution < 1.29 is 4.74 Å². The summed E-state index contributed by atoms with van der Waals surface area (Å²) in [5.41, 5.74) is 25.2. The number of hydrogen-bond acceptors (Lipinski definition) is 2. The van der Waals surface area contributed by atoms with Gasteiger partial charge in [-0.15, -0.1) is 0 Å². The van der Waals surface area contributed by atoms with Gasteiger partial charge in [-0.05, 0) is 144 Å². The molecule has 4 aliphatic rings. The third-order valence-corrected chi connectivity index (χ3v) is 15.3. The Hall–Kier alpha value is -8.46. The molecular weight excluding hydrogens is 823 g/mol. The van der Waals surface area contributed by atoms with E-state index in [0.717, 1.165) is 45.3 Å². The number of nitrogens with zero attached hydrogens (tertiary/aromatic N) is 1. The van der Waals surface area contributed by atoms with Gasteiger partial charge in [0.2, 0.25) is 0 Å². The Kier molecular flexibility index (Phi) is 8.28. The van der Waals surface area contributed by atoms with Crippen LogP contribution in [0.3, 0.4) is 0 Å². The molecule has 0 fully saturated rings. The summed E-state index contributed by atoms with van der Waals surface area (Å²) in [4.78, 5) is 2.42. The molecule has 1 spiro atoms. The van der Waals surface area contributed by atoms with Crippen LogP contribution < -0.4 is 9.64 Å². The summed E-state index contributed by atoms with van der Waals surface area (Å²) in [5.74, 6) is 1.71. The molecule has 10 aromatic carbocycles. The molecule has 0 saturated heterocycles. The number of hydrogen-bond donors (Lipinski definition) is 0. The molecule has 10 aromatic rings. The summed E-state index contributed by atoms with van der Waals surface area (Å²) >= 11 is 0. The maximum atomic E-state index is 6.74. The van der Waals surface area contributed by atoms with Crippen molar-refractivity contribution in [2.45, 2.75) is 24.7 Å². The maximum Gasteiger partial charge on any atom is 0.135 e. The Bertz CT molecular complexity index is 3710. The number of benzene rings is 10. The summed E-state index contributed by atoms with van der Waals surface area (Å²) in [6.07, 6.45) is 4.60. The van der Waals surface area contributed by atoms with Crippen molar-refractivity contribution >= 4 is 29.2 Å². The average Bonchev–Trinajstić information content (AvgIpc) is 3.66. The van der Waals surface area contributed by atoms with Crippen LogP contribution in [0.5, 0.6) is 11.5 Å². The number of rotatable bonds is 4. The fourth-order valence-electron chi connectivity index (χ4n) is 12.2. The van der Waals surface area contributed by atoms with Gasteiger partial charge in [0.15, 0.2) is 0 Å². The van der Waals surface area contributed by atoms with Crippen LogP contribution in [-0.2, 0) is 10.8 Å². The van der Waals surface area contributed by atoms with Gasteiger partial charge in [0.1, 0.15) is 11.5 Å². The summed E-state index contributed by atoms with van der Waals surface area (Å²) in [7, 11) is 0. The van der Waals surface area contributed by atoms with Crippen LogP contribution in [0.1, 0.15) is 58.4 Å². The molecule has 0 amide bonds. The summed E-state index contributed by atoms with van der Waals surface area (Å²) in [6.45, 7) is 4.72. The SMILES string of the molecule is CC1(C)c2ccccc2-c2ccc(N(c3ccc(-c4ccc5c(c4)C4(c6ccccc6C=Cc6ccccc64)c4ccccc4-5)cc3)c3ccc4c(c3)-c3ccccc3-c3ccccc3O4)cc21. The first kappa shape index (κ1) is 38.8. The van der Waals surface area contributed by atoms with E-state index < -0.39 is 5.41 Å². The van der Waals surface area contributed by atoms with E-state index in [1.165, 1.54) is 83.5 Å². The molecule has 2 heteroatoms. The lowest BCUT2D eigenvalue weighted by Gasteiger charge is -2.35. The lowest BCUT2D eigenvalue weighted by molar-refractivity contribution is 0.488. The van der Waals surface area contributed by atoms with Crippen molar-refractivity contribution in [1.82, 2.24) is 0 Å². The van der Waals surface area contributed by atoms with E-state index in [2.05, 4.69) is 249 Å². The number of para-hydroxylation sites is 1. The van der Waals surface area contributed by atoms with Gasteiger partial charge in [0.05, 0.1) is 5.41 Å². The smallest absolute Gasteiger partial charge is 0.135 e. The number of fused-ring (bicyclic) bond motifs is 17. The first-order valence-corrected chi connectivity index (χ1v) is 23.7. The largest absolute Gasteiger partial charge is 0.456 e. The maximum absolute atomic E-state index is 6.74. The predicted molar refractivity (Wildman–Crippen MR) is 281 cm³/mol. The standard InChI is InChI=1S/C66H45NO/c1-65(2)59-24-12-7-19-51(59)53-37-34-48(41-61(53)65)67(47-35-38-64-56(40-47)50-18-6-5-17-49(50)55-21-9-14-26-63(55)68-64)46-32-29-42(30-33-46)45-31-36-54-52-20-8-13-25-60(52)66(62(54)39-45)57-22-10-3-15-43(57)27-28-44-16-4-11-23-58(44)66/h3-41H,1-2H3. The van der Waals surface area contributed by atoms with Crippen molar-refractivity contribution in [3.8, 4) is 67.1 Å². The Balaban J connectivity index is 0.930. The second-order valence-corrected chi connectivity index (χ2v) is 19.2. The van der Waals surface area contributed by atoms with Crippen molar-refractivity contribution in [1.29, 1.82) is 0 Å². The van der Waals surface area contributed by atoms with Crippen molar-refractivity contribution in [3.63, 3.8) is 0 Å². The highest BCUT2D eigenvalue weighted by Crippen LogP contribution is 2.59. The fraction of sp³-hybridized carbons (Fsp3) is 0.0606. The highest BCUT2D eigenvalue weighted by atomic mass is 16.5. The van der Waals surface area contributed by atoms with Crippen LogP contribution in [0.2, 0.25) is 0 Å². The van der Waals surface area contributed by atoms with Crippen molar-refractivity contribution in [2.75, 3.05) is 4.90 Å². The zero-order valence-electron chi connectivity index (χ0n) is 37.9. The Labute approximate surface area is 397 Å². The van der Waals surface area contributed by atoms with Crippen LogP contribution in [-0.4, -0.2) is 0 Å². The highest BCUT2D eigenvalue weighted by molar-refractivity contribution is 5.95. The van der Waals surface area contributed by atoms with E-state index in [1.54, 1.807) is 0 Å². The van der Waals surface area contributed by atoms with Gasteiger partial charge >= 0.3 is 0 Å². The molecule has 320 valence electrons. The van der Waals surface area contributed by atoms with E-state index >= 15 is 0 Å². The topological polar surface area (TPSA) is 12.5 Å². The molecule has 1 aliphatic heterocycles. The lowest BCUT2D eigenvalue weighted by atomic mass is 9.66. The van der Waals surface area contributed by atoms with E-state index in [-0.39, 0.29) is 5.41 Å². The molecule has 2 nitrogen and oxygen atoms in total. The van der Waals surface area contributed by atoms with Crippen LogP contribution in [0, 0.1) is 0 Å². The second kappa shape index (κ2) is 14.5. The minimum absolute atomic E-state index is 0.150. The van der Waals surface area contributed by atoms with Gasteiger partial charge in [0.25, 0.3) is 0 Å². The predicted octanol–water partition coefficient (Wildman–Crippen LogP) is 17.4. The van der Waals surface area contributed by atoms with Crippen molar-refractivity contribution in [3.05, 3.63) is 269 Å². The van der Waals surface area contributed by atoms with Crippen molar-refractivity contribution in [2.24, 2.45) is 0 Å². The van der Waals surface area contributed by atoms with Gasteiger partial charge < -0.3 is 9.64 Å². The van der Waals surface area contributed by atoms with Gasteiger partial charge in [-0.1, -0.05) is 196 Å². The van der Waals surface area contributed by atoms with Gasteiger partial charge in [-0.3, -0.25) is 0 Å². The van der Waals surface area contributed by atoms with Crippen LogP contribution >= 0.6 is 0 Å². The molecule has 0 bridgehead atoms. The van der Waals surface area contributed by atoms with E-state index in [1.807, 2.05) is 6.07 Å². The third kappa shape index (κ3) is 5.46. The molecule has 0 atom stereocenters. The van der Waals surface area contributed by atoms with Gasteiger partial charge in [-0.2, -0.15) is 0 Å². The molecule has 3 aliphatic carbocycles. The normalized spacial score (nSPS) is 14.3. The summed E-state index contributed by atoms with van der Waals surface area (Å²) in [6, 6.07) is 83.0. The van der Waals surface area contributed by atoms with E-state index in [4.69, 9.17) is 4.74 Å². The van der Waals surface area contributed by atoms with E-state index in [0.29, 0.717) is 0 Å². The molecule has 0 unspecified atom stereocenters. The zero-order valence-corrected chi connectivity index (χ0v) is 37.9. The monoisotopic (exact) mass is 867 g/mol. The first-order valence-electron chi connectivity index (χ1n) is 23.7. The van der Waals surface area contributed by atoms with Crippen LogP contribution in [0.25, 0.3) is 67.8 Å². The number of ether oxygens (including phenoxy) is 1. The Morgan fingerprint density at radius 2 is 0.779 bits per heavy atom. The average molecular weight is 868 g/mol. The third-order valence-electron chi connectivity index (χ3n) is 15.3. The minimum Gasteiger partial charge on any atom is -0.456 e. The summed E-state index contributed by atoms with van der Waals surface area (Å²) < 4.78 is 6.74. The van der Waals surface area contributed by atoms with Gasteiger partial charge in [0, 0.05) is 33.6 Å². The summed E-state index contributed by atoms with van der Waals surface area (Å²) in [5, 5.41) is 0. The minimum atomic E-state index is -0.481. The molecule has 14 rings (SSSR count). The molecular formula is C66H45NO. The fourth-order valence-corrected chi connectivity index (χ4v) is 12.2. The Morgan fingerprint density at radius 1 is 0.309 bits per heavy atom. The number of anilines is 3. The van der Waals surface area contributed by atoms with Gasteiger partial charge in [-0.25, -0.2) is 0 Å². The van der Waals surface area contributed by atoms with E-state index in [9.17, 15) is 0 Å². The molecule has 0 saturated carbocycles. The first-order chi connectivity index (χ1) is 33.5. The quantitative estimate of drug-likeness (QED) is 0.175. The molecule has 0 N–H and O–H groups in total. The Morgan fingerprint density at radius 3 is 1.50 bits per heavy atom. The van der Waals surface area contributed by atoms with Crippen LogP contribution in [0.15, 0.2) is 224 Å². The molecule has 1 heterocycles. The molecule has 0 radical (unpaired) electrons. The van der Waals surface area contributed by atoms with Crippen LogP contribution in [0.4, 0.5) is 17.1 Å². The second-order valence-electron chi connectivity index (χ2n) is 19.2. The highest BCUT2D eigenvalue weighted by Gasteiger charge is 2.48. The molecule has 68 heavy (non-hydrogen) atoms. The lowest BCUT2D eigenvalue weighted by Crippen LogP contribution is -2.29. The molecule has 0 aromatic heterocycles. The zero-order chi connectivity index (χ0) is 45.1.